The Balaban J connectivity index is 1.84. The van der Waals surface area contributed by atoms with Gasteiger partial charge in [0.1, 0.15) is 29.7 Å². The molecule has 1 N–H and O–H groups in total. The lowest BCUT2D eigenvalue weighted by Gasteiger charge is -2.12. The fraction of sp³-hybridized carbons (Fsp3) is 0.120. The highest BCUT2D eigenvalue weighted by Crippen LogP contribution is 2.28. The van der Waals surface area contributed by atoms with Crippen molar-refractivity contribution in [2.24, 2.45) is 0 Å². The number of methoxy groups -OCH3 is 1. The molecule has 1 amide bonds. The molecule has 33 heavy (non-hydrogen) atoms. The van der Waals surface area contributed by atoms with Crippen LogP contribution in [0.5, 0.6) is 11.5 Å². The number of carbonyl (C=O) groups excluding carboxylic acids is 1. The summed E-state index contributed by atoms with van der Waals surface area (Å²) in [6.45, 7) is 1.99. The molecule has 0 atom stereocenters. The highest BCUT2D eigenvalue weighted by molar-refractivity contribution is 6.10. The van der Waals surface area contributed by atoms with Crippen molar-refractivity contribution in [3.05, 3.63) is 99.1 Å². The number of para-hydroxylation sites is 1. The van der Waals surface area contributed by atoms with E-state index in [0.29, 0.717) is 22.7 Å². The van der Waals surface area contributed by atoms with Gasteiger partial charge in [0, 0.05) is 29.4 Å². The third-order valence-electron chi connectivity index (χ3n) is 4.82. The molecule has 3 rings (SSSR count). The number of non-ortho nitro benzene ring substituents is 1. The predicted molar refractivity (Wildman–Crippen MR) is 124 cm³/mol. The SMILES string of the molecule is COc1ccc(/C=C(\C#N)C(=O)Nc2ccccc2C)c(OCc2ccc([N+](=O)[O-])cc2)c1. The van der Waals surface area contributed by atoms with Crippen LogP contribution in [0, 0.1) is 28.4 Å². The van der Waals surface area contributed by atoms with Gasteiger partial charge in [0.15, 0.2) is 0 Å². The van der Waals surface area contributed by atoms with Crippen LogP contribution in [-0.2, 0) is 11.4 Å². The number of aryl methyl sites for hydroxylation is 1. The Hall–Kier alpha value is -4.64. The number of amides is 1. The minimum atomic E-state index is -0.538. The quantitative estimate of drug-likeness (QED) is 0.226. The Bertz CT molecular complexity index is 1240. The average molecular weight is 443 g/mol. The van der Waals surface area contributed by atoms with Crippen molar-refractivity contribution in [2.75, 3.05) is 12.4 Å². The molecule has 0 aliphatic carbocycles. The number of nitro benzene ring substituents is 1. The number of carbonyl (C=O) groups is 1. The van der Waals surface area contributed by atoms with E-state index in [-0.39, 0.29) is 17.9 Å². The number of nitrogens with zero attached hydrogens (tertiary/aromatic N) is 2. The lowest BCUT2D eigenvalue weighted by Crippen LogP contribution is -2.14. The first kappa shape index (κ1) is 23.0. The Morgan fingerprint density at radius 2 is 1.88 bits per heavy atom. The highest BCUT2D eigenvalue weighted by atomic mass is 16.6. The summed E-state index contributed by atoms with van der Waals surface area (Å²) in [5, 5.41) is 23.1. The molecule has 166 valence electrons. The second-order valence-electron chi connectivity index (χ2n) is 7.05. The lowest BCUT2D eigenvalue weighted by atomic mass is 10.1. The van der Waals surface area contributed by atoms with Crippen LogP contribution in [0.1, 0.15) is 16.7 Å². The normalized spacial score (nSPS) is 10.8. The molecular weight excluding hydrogens is 422 g/mol. The maximum atomic E-state index is 12.7. The molecule has 8 nitrogen and oxygen atoms in total. The summed E-state index contributed by atoms with van der Waals surface area (Å²) in [5.41, 5.74) is 2.61. The Labute approximate surface area is 190 Å². The first-order chi connectivity index (χ1) is 15.9. The van der Waals surface area contributed by atoms with Gasteiger partial charge < -0.3 is 14.8 Å². The lowest BCUT2D eigenvalue weighted by molar-refractivity contribution is -0.384. The number of nitro groups is 1. The van der Waals surface area contributed by atoms with Crippen LogP contribution in [0.25, 0.3) is 6.08 Å². The van der Waals surface area contributed by atoms with Crippen molar-refractivity contribution >= 4 is 23.4 Å². The highest BCUT2D eigenvalue weighted by Gasteiger charge is 2.13. The molecule has 0 aliphatic rings. The molecule has 0 aliphatic heterocycles. The molecule has 0 bridgehead atoms. The van der Waals surface area contributed by atoms with Gasteiger partial charge in [0.05, 0.1) is 12.0 Å². The fourth-order valence-electron chi connectivity index (χ4n) is 2.97. The smallest absolute Gasteiger partial charge is 0.269 e. The third-order valence-corrected chi connectivity index (χ3v) is 4.82. The van der Waals surface area contributed by atoms with Crippen LogP contribution in [0.2, 0.25) is 0 Å². The van der Waals surface area contributed by atoms with Crippen molar-refractivity contribution < 1.29 is 19.2 Å². The van der Waals surface area contributed by atoms with E-state index >= 15 is 0 Å². The molecule has 0 radical (unpaired) electrons. The minimum Gasteiger partial charge on any atom is -0.497 e. The summed E-state index contributed by atoms with van der Waals surface area (Å²) in [6, 6.07) is 20.2. The molecular formula is C25H21N3O5. The minimum absolute atomic E-state index is 0.0120. The van der Waals surface area contributed by atoms with Gasteiger partial charge in [-0.25, -0.2) is 0 Å². The number of benzene rings is 3. The molecule has 0 fully saturated rings. The number of anilines is 1. The molecule has 3 aromatic rings. The zero-order chi connectivity index (χ0) is 23.8. The maximum absolute atomic E-state index is 12.7. The summed E-state index contributed by atoms with van der Waals surface area (Å²) >= 11 is 0. The van der Waals surface area contributed by atoms with E-state index in [1.807, 2.05) is 25.1 Å². The molecule has 8 heteroatoms. The van der Waals surface area contributed by atoms with Gasteiger partial charge in [0.25, 0.3) is 11.6 Å². The Kier molecular flexibility index (Phi) is 7.39. The van der Waals surface area contributed by atoms with E-state index in [1.165, 1.54) is 25.3 Å². The van der Waals surface area contributed by atoms with Crippen molar-refractivity contribution in [3.8, 4) is 17.6 Å². The molecule has 0 aromatic heterocycles. The van der Waals surface area contributed by atoms with E-state index in [0.717, 1.165) is 11.1 Å². The fourth-order valence-corrected chi connectivity index (χ4v) is 2.97. The van der Waals surface area contributed by atoms with Gasteiger partial charge in [-0.05, 0) is 54.5 Å². The van der Waals surface area contributed by atoms with E-state index in [1.54, 1.807) is 42.5 Å². The largest absolute Gasteiger partial charge is 0.497 e. The van der Waals surface area contributed by atoms with E-state index in [9.17, 15) is 20.2 Å². The standard InChI is InChI=1S/C25H21N3O5/c1-17-5-3-4-6-23(17)27-25(29)20(15-26)13-19-9-12-22(32-2)14-24(19)33-16-18-7-10-21(11-8-18)28(30)31/h3-14H,16H2,1-2H3,(H,27,29)/b20-13+. The van der Waals surface area contributed by atoms with Gasteiger partial charge in [-0.15, -0.1) is 0 Å². The van der Waals surface area contributed by atoms with Crippen LogP contribution in [0.15, 0.2) is 72.3 Å². The van der Waals surface area contributed by atoms with Gasteiger partial charge in [0.2, 0.25) is 0 Å². The molecule has 0 saturated heterocycles. The van der Waals surface area contributed by atoms with Crippen molar-refractivity contribution in [3.63, 3.8) is 0 Å². The second-order valence-corrected chi connectivity index (χ2v) is 7.05. The topological polar surface area (TPSA) is 114 Å². The number of ether oxygens (including phenoxy) is 2. The van der Waals surface area contributed by atoms with Crippen molar-refractivity contribution in [1.82, 2.24) is 0 Å². The van der Waals surface area contributed by atoms with Crippen LogP contribution in [-0.4, -0.2) is 17.9 Å². The molecule has 0 unspecified atom stereocenters. The van der Waals surface area contributed by atoms with E-state index in [4.69, 9.17) is 9.47 Å². The zero-order valence-corrected chi connectivity index (χ0v) is 18.1. The summed E-state index contributed by atoms with van der Waals surface area (Å²) in [6.07, 6.45) is 1.44. The Morgan fingerprint density at radius 3 is 2.52 bits per heavy atom. The molecule has 0 spiro atoms. The number of nitrogens with one attached hydrogen (secondary N) is 1. The van der Waals surface area contributed by atoms with Crippen LogP contribution >= 0.6 is 0 Å². The first-order valence-corrected chi connectivity index (χ1v) is 9.94. The maximum Gasteiger partial charge on any atom is 0.269 e. The van der Waals surface area contributed by atoms with Gasteiger partial charge in [-0.3, -0.25) is 14.9 Å². The summed E-state index contributed by atoms with van der Waals surface area (Å²) in [5.74, 6) is 0.391. The van der Waals surface area contributed by atoms with Gasteiger partial charge >= 0.3 is 0 Å². The van der Waals surface area contributed by atoms with E-state index in [2.05, 4.69) is 5.32 Å². The summed E-state index contributed by atoms with van der Waals surface area (Å²) < 4.78 is 11.1. The third kappa shape index (κ3) is 5.95. The van der Waals surface area contributed by atoms with Crippen LogP contribution in [0.3, 0.4) is 0 Å². The number of nitriles is 1. The van der Waals surface area contributed by atoms with Crippen LogP contribution in [0.4, 0.5) is 11.4 Å². The first-order valence-electron chi connectivity index (χ1n) is 9.94. The van der Waals surface area contributed by atoms with Gasteiger partial charge in [-0.1, -0.05) is 18.2 Å². The average Bonchev–Trinajstić information content (AvgIpc) is 2.83. The van der Waals surface area contributed by atoms with Crippen molar-refractivity contribution in [1.29, 1.82) is 5.26 Å². The predicted octanol–water partition coefficient (Wildman–Crippen LogP) is 5.04. The van der Waals surface area contributed by atoms with E-state index < -0.39 is 10.8 Å². The number of hydrogen-bond donors (Lipinski definition) is 1. The number of rotatable bonds is 8. The number of hydrogen-bond acceptors (Lipinski definition) is 6. The van der Waals surface area contributed by atoms with Crippen molar-refractivity contribution in [2.45, 2.75) is 13.5 Å². The zero-order valence-electron chi connectivity index (χ0n) is 18.1. The molecule has 0 heterocycles. The Morgan fingerprint density at radius 1 is 1.15 bits per heavy atom. The summed E-state index contributed by atoms with van der Waals surface area (Å²) in [7, 11) is 1.52. The summed E-state index contributed by atoms with van der Waals surface area (Å²) in [4.78, 5) is 23.0. The van der Waals surface area contributed by atoms with Crippen LogP contribution < -0.4 is 14.8 Å². The second kappa shape index (κ2) is 10.6. The van der Waals surface area contributed by atoms with Gasteiger partial charge in [-0.2, -0.15) is 5.26 Å². The molecule has 0 saturated carbocycles. The monoisotopic (exact) mass is 443 g/mol. The molecule has 3 aromatic carbocycles.